The van der Waals surface area contributed by atoms with Crippen LogP contribution >= 0.6 is 0 Å². The molecule has 0 aliphatic carbocycles. The molecule has 6 heteroatoms. The van der Waals surface area contributed by atoms with Crippen molar-refractivity contribution >= 4 is 8.93 Å². The van der Waals surface area contributed by atoms with Crippen molar-refractivity contribution in [3.8, 4) is 0 Å². The summed E-state index contributed by atoms with van der Waals surface area (Å²) in [4.78, 5) is 10.1. The Labute approximate surface area is 111 Å². The van der Waals surface area contributed by atoms with E-state index in [9.17, 15) is 9.26 Å². The van der Waals surface area contributed by atoms with Crippen LogP contribution in [-0.4, -0.2) is 28.6 Å². The first kappa shape index (κ1) is 14.9. The largest absolute Gasteiger partial charge is 1.00 e. The molecule has 0 aliphatic heterocycles. The molecule has 4 nitrogen and oxygen atoms in total. The van der Waals surface area contributed by atoms with Crippen molar-refractivity contribution in [1.29, 1.82) is 0 Å². The van der Waals surface area contributed by atoms with E-state index in [4.69, 9.17) is 5.73 Å². The van der Waals surface area contributed by atoms with Gasteiger partial charge in [-0.15, -0.1) is 0 Å². The van der Waals surface area contributed by atoms with Gasteiger partial charge >= 0.3 is 51.4 Å². The van der Waals surface area contributed by atoms with Gasteiger partial charge in [0.1, 0.15) is 8.93 Å². The Morgan fingerprint density at radius 1 is 1.45 bits per heavy atom. The number of nitrogens with one attached hydrogen (secondary N) is 1. The topological polar surface area (TPSA) is 78.2 Å². The number of nitrogens with two attached hydrogens (primary N) is 1. The van der Waals surface area contributed by atoms with Crippen LogP contribution in [0, 0.1) is 0 Å². The van der Waals surface area contributed by atoms with E-state index in [0.717, 1.165) is 13.1 Å². The molecule has 0 rings (SSSR count). The van der Waals surface area contributed by atoms with Gasteiger partial charge in [-0.2, -0.15) is 0 Å². The van der Waals surface area contributed by atoms with Crippen molar-refractivity contribution < 1.29 is 60.6 Å². The minimum atomic E-state index is -2.49. The SMILES string of the molecule is NCCNCCC[Si](=O)[O-].[K+]. The van der Waals surface area contributed by atoms with Crippen LogP contribution in [0.1, 0.15) is 6.42 Å². The summed E-state index contributed by atoms with van der Waals surface area (Å²) in [7, 11) is -2.49. The number of rotatable bonds is 6. The van der Waals surface area contributed by atoms with Crippen molar-refractivity contribution in [2.45, 2.75) is 12.5 Å². The van der Waals surface area contributed by atoms with Gasteiger partial charge in [0.2, 0.25) is 0 Å². The summed E-state index contributed by atoms with van der Waals surface area (Å²) >= 11 is 0. The Balaban J connectivity index is 0. The third-order valence-electron chi connectivity index (χ3n) is 1.06. The third kappa shape index (κ3) is 14.3. The van der Waals surface area contributed by atoms with Crippen LogP contribution < -0.4 is 67.2 Å². The molecule has 11 heavy (non-hydrogen) atoms. The van der Waals surface area contributed by atoms with E-state index >= 15 is 0 Å². The monoisotopic (exact) mass is 200 g/mol. The molecule has 0 atom stereocenters. The molecule has 0 fully saturated rings. The van der Waals surface area contributed by atoms with E-state index < -0.39 is 8.93 Å². The first-order valence-corrected chi connectivity index (χ1v) is 4.90. The number of hydrogen-bond donors (Lipinski definition) is 2. The Bertz CT molecular complexity index is 104. The molecule has 0 aromatic carbocycles. The molecular formula is C5H13KN2O2Si. The second-order valence-corrected chi connectivity index (χ2v) is 3.26. The third-order valence-corrected chi connectivity index (χ3v) is 1.82. The maximum atomic E-state index is 10.1. The fourth-order valence-corrected chi connectivity index (χ4v) is 1.05. The van der Waals surface area contributed by atoms with Gasteiger partial charge in [-0.25, -0.2) is 0 Å². The average Bonchev–Trinajstić information content (AvgIpc) is 1.87. The molecular weight excluding hydrogens is 187 g/mol. The maximum Gasteiger partial charge on any atom is 1.00 e. The summed E-state index contributed by atoms with van der Waals surface area (Å²) < 4.78 is 10.1. The predicted molar refractivity (Wildman–Crippen MR) is 37.8 cm³/mol. The summed E-state index contributed by atoms with van der Waals surface area (Å²) in [6.45, 7) is 2.11. The smallest absolute Gasteiger partial charge is 0.587 e. The maximum absolute atomic E-state index is 10.1. The van der Waals surface area contributed by atoms with Crippen molar-refractivity contribution in [3.05, 3.63) is 0 Å². The van der Waals surface area contributed by atoms with E-state index in [1.165, 1.54) is 0 Å². The second kappa shape index (κ2) is 11.4. The first-order valence-electron chi connectivity index (χ1n) is 3.38. The van der Waals surface area contributed by atoms with Crippen molar-refractivity contribution in [3.63, 3.8) is 0 Å². The second-order valence-electron chi connectivity index (χ2n) is 2.01. The molecule has 0 radical (unpaired) electrons. The molecule has 0 aromatic rings. The van der Waals surface area contributed by atoms with Crippen LogP contribution in [-0.2, 0) is 4.46 Å². The van der Waals surface area contributed by atoms with Gasteiger partial charge in [-0.3, -0.25) is 0 Å². The van der Waals surface area contributed by atoms with Gasteiger partial charge in [0.25, 0.3) is 0 Å². The summed E-state index contributed by atoms with van der Waals surface area (Å²) in [6, 6.07) is 0.308. The molecule has 0 unspecified atom stereocenters. The molecule has 0 heterocycles. The summed E-state index contributed by atoms with van der Waals surface area (Å²) in [5, 5.41) is 3.00. The van der Waals surface area contributed by atoms with Crippen molar-refractivity contribution in [2.75, 3.05) is 19.6 Å². The first-order chi connectivity index (χ1) is 4.77. The molecule has 0 aliphatic rings. The Morgan fingerprint density at radius 2 is 2.09 bits per heavy atom. The predicted octanol–water partition coefficient (Wildman–Crippen LogP) is -4.79. The van der Waals surface area contributed by atoms with Gasteiger partial charge in [0, 0.05) is 13.1 Å². The van der Waals surface area contributed by atoms with Crippen LogP contribution in [0.5, 0.6) is 0 Å². The minimum absolute atomic E-state index is 0. The van der Waals surface area contributed by atoms with Gasteiger partial charge in [0.05, 0.1) is 0 Å². The standard InChI is InChI=1S/C5H13N2O2Si.K/c6-2-4-7-3-1-5-10(8)9;/h7H,1-6H2;/q-1;+1. The van der Waals surface area contributed by atoms with Crippen LogP contribution in [0.25, 0.3) is 0 Å². The Hall–Kier alpha value is 1.37. The fraction of sp³-hybridized carbons (Fsp3) is 1.00. The number of hydrogen-bond acceptors (Lipinski definition) is 4. The van der Waals surface area contributed by atoms with Crippen LogP contribution in [0.4, 0.5) is 0 Å². The molecule has 0 bridgehead atoms. The Kier molecular flexibility index (Phi) is 15.4. The van der Waals surface area contributed by atoms with Crippen LogP contribution in [0.2, 0.25) is 6.04 Å². The molecule has 0 saturated carbocycles. The van der Waals surface area contributed by atoms with Gasteiger partial charge in [0.15, 0.2) is 0 Å². The molecule has 0 amide bonds. The molecule has 0 aromatic heterocycles. The van der Waals surface area contributed by atoms with Crippen molar-refractivity contribution in [2.24, 2.45) is 5.73 Å². The summed E-state index contributed by atoms with van der Waals surface area (Å²) in [5.41, 5.74) is 5.19. The van der Waals surface area contributed by atoms with E-state index in [-0.39, 0.29) is 51.4 Å². The zero-order valence-corrected chi connectivity index (χ0v) is 11.1. The normalized spacial score (nSPS) is 8.82. The average molecular weight is 200 g/mol. The van der Waals surface area contributed by atoms with Crippen LogP contribution in [0.3, 0.4) is 0 Å². The zero-order chi connectivity index (χ0) is 7.82. The quantitative estimate of drug-likeness (QED) is 0.333. The van der Waals surface area contributed by atoms with Gasteiger partial charge in [-0.1, -0.05) is 0 Å². The molecule has 0 spiro atoms. The van der Waals surface area contributed by atoms with Crippen LogP contribution in [0.15, 0.2) is 0 Å². The molecule has 60 valence electrons. The summed E-state index contributed by atoms with van der Waals surface area (Å²) in [6.07, 6.45) is 0.696. The Morgan fingerprint density at radius 3 is 2.55 bits per heavy atom. The zero-order valence-electron chi connectivity index (χ0n) is 6.93. The van der Waals surface area contributed by atoms with E-state index in [1.54, 1.807) is 0 Å². The van der Waals surface area contributed by atoms with E-state index in [2.05, 4.69) is 5.32 Å². The minimum Gasteiger partial charge on any atom is -0.587 e. The van der Waals surface area contributed by atoms with Crippen molar-refractivity contribution in [1.82, 2.24) is 5.32 Å². The molecule has 0 saturated heterocycles. The van der Waals surface area contributed by atoms with E-state index in [1.807, 2.05) is 0 Å². The van der Waals surface area contributed by atoms with Gasteiger partial charge in [-0.05, 0) is 19.0 Å². The molecule has 3 N–H and O–H groups in total. The fourth-order valence-electron chi connectivity index (χ4n) is 0.585. The van der Waals surface area contributed by atoms with E-state index in [0.29, 0.717) is 19.0 Å². The summed E-state index contributed by atoms with van der Waals surface area (Å²) in [5.74, 6) is 0. The van der Waals surface area contributed by atoms with Gasteiger partial charge < -0.3 is 20.3 Å².